The van der Waals surface area contributed by atoms with Crippen LogP contribution in [0.1, 0.15) is 11.3 Å². The van der Waals surface area contributed by atoms with E-state index in [0.29, 0.717) is 18.1 Å². The number of benzene rings is 1. The van der Waals surface area contributed by atoms with Gasteiger partial charge in [0.15, 0.2) is 15.5 Å². The zero-order chi connectivity index (χ0) is 15.5. The van der Waals surface area contributed by atoms with Gasteiger partial charge in [0, 0.05) is 12.8 Å². The Morgan fingerprint density at radius 3 is 2.48 bits per heavy atom. The number of nitrogens with two attached hydrogens (primary N) is 1. The van der Waals surface area contributed by atoms with Gasteiger partial charge < -0.3 is 11.1 Å². The summed E-state index contributed by atoms with van der Waals surface area (Å²) in [5.41, 5.74) is 7.00. The molecule has 21 heavy (non-hydrogen) atoms. The quantitative estimate of drug-likeness (QED) is 0.887. The van der Waals surface area contributed by atoms with E-state index in [9.17, 15) is 8.42 Å². The molecular formula is C14H14N4O2S. The topological polar surface area (TPSA) is 109 Å². The van der Waals surface area contributed by atoms with Crippen LogP contribution in [0.3, 0.4) is 0 Å². The minimum atomic E-state index is -3.18. The third-order valence-corrected chi connectivity index (χ3v) is 3.99. The highest BCUT2D eigenvalue weighted by Crippen LogP contribution is 2.14. The summed E-state index contributed by atoms with van der Waals surface area (Å²) < 4.78 is 22.7. The predicted octanol–water partition coefficient (Wildman–Crippen LogP) is 1.55. The highest BCUT2D eigenvalue weighted by molar-refractivity contribution is 7.90. The first-order valence-electron chi connectivity index (χ1n) is 6.09. The van der Waals surface area contributed by atoms with Gasteiger partial charge >= 0.3 is 0 Å². The molecule has 7 heteroatoms. The van der Waals surface area contributed by atoms with Crippen LogP contribution in [0.4, 0.5) is 11.5 Å². The number of nitrogen functional groups attached to an aromatic ring is 1. The van der Waals surface area contributed by atoms with Gasteiger partial charge in [-0.05, 0) is 29.8 Å². The maximum atomic E-state index is 11.4. The minimum Gasteiger partial charge on any atom is -0.396 e. The van der Waals surface area contributed by atoms with Gasteiger partial charge in [-0.25, -0.2) is 13.4 Å². The number of pyridine rings is 1. The second-order valence-electron chi connectivity index (χ2n) is 4.52. The van der Waals surface area contributed by atoms with E-state index in [-0.39, 0.29) is 10.6 Å². The standard InChI is InChI=1S/C14H14N4O2S/c1-21(19,20)11-4-2-10(3-5-11)9-17-14-7-6-12(16)13(8-15)18-14/h2-7H,9,16H2,1H3,(H,17,18). The molecule has 6 nitrogen and oxygen atoms in total. The summed E-state index contributed by atoms with van der Waals surface area (Å²) >= 11 is 0. The number of aromatic nitrogens is 1. The van der Waals surface area contributed by atoms with Gasteiger partial charge in [-0.15, -0.1) is 0 Å². The maximum absolute atomic E-state index is 11.4. The van der Waals surface area contributed by atoms with Crippen molar-refractivity contribution < 1.29 is 8.42 Å². The first-order valence-corrected chi connectivity index (χ1v) is 7.99. The Morgan fingerprint density at radius 2 is 1.90 bits per heavy atom. The molecule has 2 aromatic rings. The molecule has 0 fully saturated rings. The molecule has 0 radical (unpaired) electrons. The van der Waals surface area contributed by atoms with Gasteiger partial charge in [0.2, 0.25) is 0 Å². The Balaban J connectivity index is 2.09. The number of sulfone groups is 1. The van der Waals surface area contributed by atoms with Gasteiger partial charge in [-0.1, -0.05) is 12.1 Å². The van der Waals surface area contributed by atoms with Crippen LogP contribution in [-0.2, 0) is 16.4 Å². The zero-order valence-corrected chi connectivity index (χ0v) is 12.2. The summed E-state index contributed by atoms with van der Waals surface area (Å²) in [6.07, 6.45) is 1.17. The first kappa shape index (κ1) is 14.8. The smallest absolute Gasteiger partial charge is 0.175 e. The lowest BCUT2D eigenvalue weighted by Crippen LogP contribution is -2.04. The van der Waals surface area contributed by atoms with Crippen LogP contribution in [0.2, 0.25) is 0 Å². The number of anilines is 2. The Labute approximate surface area is 123 Å². The van der Waals surface area contributed by atoms with Gasteiger partial charge in [0.1, 0.15) is 11.9 Å². The number of rotatable bonds is 4. The normalized spacial score (nSPS) is 10.9. The van der Waals surface area contributed by atoms with E-state index < -0.39 is 9.84 Å². The van der Waals surface area contributed by atoms with Crippen molar-refractivity contribution in [3.05, 3.63) is 47.7 Å². The van der Waals surface area contributed by atoms with E-state index in [2.05, 4.69) is 10.3 Å². The van der Waals surface area contributed by atoms with Crippen LogP contribution >= 0.6 is 0 Å². The lowest BCUT2D eigenvalue weighted by atomic mass is 10.2. The third kappa shape index (κ3) is 3.70. The highest BCUT2D eigenvalue weighted by Gasteiger charge is 2.06. The van der Waals surface area contributed by atoms with Gasteiger partial charge in [0.05, 0.1) is 10.6 Å². The molecule has 1 heterocycles. The van der Waals surface area contributed by atoms with Crippen LogP contribution in [0, 0.1) is 11.3 Å². The fraction of sp³-hybridized carbons (Fsp3) is 0.143. The van der Waals surface area contributed by atoms with Gasteiger partial charge in [-0.2, -0.15) is 5.26 Å². The van der Waals surface area contributed by atoms with E-state index in [0.717, 1.165) is 5.56 Å². The Hall–Kier alpha value is -2.59. The molecule has 0 saturated carbocycles. The lowest BCUT2D eigenvalue weighted by molar-refractivity contribution is 0.602. The van der Waals surface area contributed by atoms with Crippen molar-refractivity contribution in [2.45, 2.75) is 11.4 Å². The summed E-state index contributed by atoms with van der Waals surface area (Å²) in [5, 5.41) is 11.9. The molecule has 0 amide bonds. The molecule has 0 spiro atoms. The largest absolute Gasteiger partial charge is 0.396 e. The number of nitrogens with zero attached hydrogens (tertiary/aromatic N) is 2. The van der Waals surface area contributed by atoms with Crippen LogP contribution in [0.15, 0.2) is 41.3 Å². The van der Waals surface area contributed by atoms with Crippen LogP contribution < -0.4 is 11.1 Å². The van der Waals surface area contributed by atoms with Gasteiger partial charge in [-0.3, -0.25) is 0 Å². The molecular weight excluding hydrogens is 288 g/mol. The average molecular weight is 302 g/mol. The summed E-state index contributed by atoms with van der Waals surface area (Å²) in [7, 11) is -3.18. The van der Waals surface area contributed by atoms with Crippen molar-refractivity contribution in [1.82, 2.24) is 4.98 Å². The second-order valence-corrected chi connectivity index (χ2v) is 6.53. The number of nitrogens with one attached hydrogen (secondary N) is 1. The fourth-order valence-corrected chi connectivity index (χ4v) is 2.34. The van der Waals surface area contributed by atoms with Gasteiger partial charge in [0.25, 0.3) is 0 Å². The lowest BCUT2D eigenvalue weighted by Gasteiger charge is -2.07. The third-order valence-electron chi connectivity index (χ3n) is 2.86. The molecule has 0 unspecified atom stereocenters. The van der Waals surface area contributed by atoms with E-state index in [4.69, 9.17) is 11.0 Å². The first-order chi connectivity index (χ1) is 9.90. The number of hydrogen-bond acceptors (Lipinski definition) is 6. The SMILES string of the molecule is CS(=O)(=O)c1ccc(CNc2ccc(N)c(C#N)n2)cc1. The molecule has 0 atom stereocenters. The van der Waals surface area contributed by atoms with Crippen molar-refractivity contribution in [3.8, 4) is 6.07 Å². The predicted molar refractivity (Wildman–Crippen MR) is 80.2 cm³/mol. The second kappa shape index (κ2) is 5.81. The van der Waals surface area contributed by atoms with Crippen molar-refractivity contribution in [2.75, 3.05) is 17.3 Å². The maximum Gasteiger partial charge on any atom is 0.175 e. The Bertz CT molecular complexity index is 793. The molecule has 2 rings (SSSR count). The molecule has 0 saturated heterocycles. The monoisotopic (exact) mass is 302 g/mol. The van der Waals surface area contributed by atoms with Crippen molar-refractivity contribution in [3.63, 3.8) is 0 Å². The van der Waals surface area contributed by atoms with Crippen LogP contribution in [0.5, 0.6) is 0 Å². The summed E-state index contributed by atoms with van der Waals surface area (Å²) in [5.74, 6) is 0.535. The number of hydrogen-bond donors (Lipinski definition) is 2. The molecule has 108 valence electrons. The average Bonchev–Trinajstić information content (AvgIpc) is 2.46. The molecule has 0 bridgehead atoms. The summed E-state index contributed by atoms with van der Waals surface area (Å²) in [6, 6.07) is 11.8. The van der Waals surface area contributed by atoms with E-state index in [1.165, 1.54) is 6.26 Å². The molecule has 1 aromatic carbocycles. The van der Waals surface area contributed by atoms with E-state index in [1.54, 1.807) is 36.4 Å². The van der Waals surface area contributed by atoms with Crippen molar-refractivity contribution >= 4 is 21.3 Å². The molecule has 3 N–H and O–H groups in total. The molecule has 0 aliphatic carbocycles. The Morgan fingerprint density at radius 1 is 1.24 bits per heavy atom. The van der Waals surface area contributed by atoms with E-state index >= 15 is 0 Å². The fourth-order valence-electron chi connectivity index (χ4n) is 1.71. The number of nitriles is 1. The van der Waals surface area contributed by atoms with Crippen LogP contribution in [-0.4, -0.2) is 19.7 Å². The zero-order valence-electron chi connectivity index (χ0n) is 11.4. The minimum absolute atomic E-state index is 0.174. The summed E-state index contributed by atoms with van der Waals surface area (Å²) in [6.45, 7) is 0.464. The molecule has 0 aliphatic rings. The van der Waals surface area contributed by atoms with Crippen molar-refractivity contribution in [2.24, 2.45) is 0 Å². The highest BCUT2D eigenvalue weighted by atomic mass is 32.2. The summed E-state index contributed by atoms with van der Waals surface area (Å²) in [4.78, 5) is 4.35. The van der Waals surface area contributed by atoms with Crippen LogP contribution in [0.25, 0.3) is 0 Å². The Kier molecular flexibility index (Phi) is 4.10. The van der Waals surface area contributed by atoms with Crippen molar-refractivity contribution in [1.29, 1.82) is 5.26 Å². The van der Waals surface area contributed by atoms with E-state index in [1.807, 2.05) is 6.07 Å². The molecule has 0 aliphatic heterocycles. The molecule has 1 aromatic heterocycles.